The fourth-order valence-electron chi connectivity index (χ4n) is 3.42. The van der Waals surface area contributed by atoms with E-state index in [0.717, 1.165) is 18.9 Å². The molecule has 26 heavy (non-hydrogen) atoms. The second kappa shape index (κ2) is 9.16. The normalized spacial score (nSPS) is 19.4. The van der Waals surface area contributed by atoms with Crippen LogP contribution in [0.2, 0.25) is 0 Å². The molecule has 0 aromatic heterocycles. The van der Waals surface area contributed by atoms with Crippen molar-refractivity contribution in [2.45, 2.75) is 70.5 Å². The summed E-state index contributed by atoms with van der Waals surface area (Å²) in [6, 6.07) is 0.0815. The third-order valence-corrected chi connectivity index (χ3v) is 4.99. The van der Waals surface area contributed by atoms with Gasteiger partial charge in [0.05, 0.1) is 6.42 Å². The molecule has 148 valence electrons. The molecule has 0 bridgehead atoms. The molecule has 1 amide bonds. The molecule has 1 aliphatic heterocycles. The Morgan fingerprint density at radius 1 is 1.08 bits per heavy atom. The van der Waals surface area contributed by atoms with E-state index < -0.39 is 11.9 Å². The molecule has 0 atom stereocenters. The third kappa shape index (κ3) is 6.78. The van der Waals surface area contributed by atoms with Gasteiger partial charge < -0.3 is 14.8 Å². The minimum absolute atomic E-state index is 0.000641. The van der Waals surface area contributed by atoms with E-state index in [-0.39, 0.29) is 49.1 Å². The third-order valence-electron chi connectivity index (χ3n) is 4.99. The van der Waals surface area contributed by atoms with Crippen molar-refractivity contribution in [2.24, 2.45) is 0 Å². The van der Waals surface area contributed by atoms with Gasteiger partial charge in [0, 0.05) is 29.6 Å². The molecule has 1 saturated heterocycles. The molecule has 0 spiro atoms. The molecule has 1 heterocycles. The van der Waals surface area contributed by atoms with Gasteiger partial charge in [-0.15, -0.1) is 0 Å². The zero-order valence-electron chi connectivity index (χ0n) is 16.6. The number of nitrogens with one attached hydrogen (secondary N) is 1. The highest BCUT2D eigenvalue weighted by atomic mass is 16.6. The van der Waals surface area contributed by atoms with Gasteiger partial charge in [0.25, 0.3) is 0 Å². The van der Waals surface area contributed by atoms with Crippen molar-refractivity contribution >= 4 is 17.8 Å². The largest absolute Gasteiger partial charge is 0.462 e. The maximum absolute atomic E-state index is 12.2. The standard InChI is InChI=1S/C19H32N2O5/c1-7-16(23)25-10-11-26-17(24)9-8-15(22)20-14-12-18(2,3)21(6)19(4,5)13-14/h7,14H,1,8-13H2,2-6H3,(H,20,22). The number of hydrogen-bond donors (Lipinski definition) is 1. The van der Waals surface area contributed by atoms with Crippen molar-refractivity contribution in [1.29, 1.82) is 0 Å². The minimum atomic E-state index is -0.565. The monoisotopic (exact) mass is 368 g/mol. The van der Waals surface area contributed by atoms with Gasteiger partial charge in [-0.05, 0) is 47.6 Å². The number of piperidine rings is 1. The number of rotatable bonds is 8. The number of esters is 2. The van der Waals surface area contributed by atoms with Crippen LogP contribution in [0.15, 0.2) is 12.7 Å². The first-order valence-corrected chi connectivity index (χ1v) is 8.96. The van der Waals surface area contributed by atoms with E-state index in [1.54, 1.807) is 0 Å². The molecule has 1 fully saturated rings. The topological polar surface area (TPSA) is 84.9 Å². The predicted octanol–water partition coefficient (Wildman–Crippen LogP) is 1.81. The summed E-state index contributed by atoms with van der Waals surface area (Å²) in [5, 5.41) is 3.04. The Balaban J connectivity index is 2.32. The van der Waals surface area contributed by atoms with Gasteiger partial charge in [-0.1, -0.05) is 6.58 Å². The zero-order valence-corrected chi connectivity index (χ0v) is 16.6. The summed E-state index contributed by atoms with van der Waals surface area (Å²) >= 11 is 0. The van der Waals surface area contributed by atoms with E-state index in [9.17, 15) is 14.4 Å². The van der Waals surface area contributed by atoms with Crippen LogP contribution in [0.5, 0.6) is 0 Å². The molecule has 0 aliphatic carbocycles. The van der Waals surface area contributed by atoms with E-state index in [1.807, 2.05) is 0 Å². The summed E-state index contributed by atoms with van der Waals surface area (Å²) in [5.74, 6) is -1.20. The van der Waals surface area contributed by atoms with Crippen molar-refractivity contribution in [3.05, 3.63) is 12.7 Å². The lowest BCUT2D eigenvalue weighted by molar-refractivity contribution is -0.150. The van der Waals surface area contributed by atoms with E-state index in [1.165, 1.54) is 0 Å². The van der Waals surface area contributed by atoms with Crippen LogP contribution in [0.25, 0.3) is 0 Å². The Kier molecular flexibility index (Phi) is 7.81. The van der Waals surface area contributed by atoms with Gasteiger partial charge in [0.2, 0.25) is 5.91 Å². The first kappa shape index (κ1) is 22.2. The maximum atomic E-state index is 12.2. The fourth-order valence-corrected chi connectivity index (χ4v) is 3.42. The summed E-state index contributed by atoms with van der Waals surface area (Å²) in [6.45, 7) is 11.9. The molecule has 0 radical (unpaired) electrons. The molecular formula is C19H32N2O5. The van der Waals surface area contributed by atoms with Gasteiger partial charge in [-0.2, -0.15) is 0 Å². The number of hydrogen-bond acceptors (Lipinski definition) is 6. The number of nitrogens with zero attached hydrogens (tertiary/aromatic N) is 1. The number of carbonyl (C=O) groups excluding carboxylic acids is 3. The summed E-state index contributed by atoms with van der Waals surface area (Å²) in [6.07, 6.45) is 2.84. The smallest absolute Gasteiger partial charge is 0.330 e. The number of likely N-dealkylation sites (tertiary alicyclic amines) is 1. The Bertz CT molecular complexity index is 524. The Morgan fingerprint density at radius 2 is 1.62 bits per heavy atom. The van der Waals surface area contributed by atoms with E-state index >= 15 is 0 Å². The van der Waals surface area contributed by atoms with Gasteiger partial charge in [0.1, 0.15) is 13.2 Å². The lowest BCUT2D eigenvalue weighted by Crippen LogP contribution is -2.62. The quantitative estimate of drug-likeness (QED) is 0.400. The van der Waals surface area contributed by atoms with Crippen LogP contribution in [0, 0.1) is 0 Å². The lowest BCUT2D eigenvalue weighted by atomic mass is 9.77. The second-order valence-corrected chi connectivity index (χ2v) is 7.95. The van der Waals surface area contributed by atoms with E-state index in [2.05, 4.69) is 51.5 Å². The van der Waals surface area contributed by atoms with Gasteiger partial charge in [-0.3, -0.25) is 14.5 Å². The summed E-state index contributed by atoms with van der Waals surface area (Å²) in [4.78, 5) is 37.0. The molecule has 7 nitrogen and oxygen atoms in total. The highest BCUT2D eigenvalue weighted by Gasteiger charge is 2.43. The maximum Gasteiger partial charge on any atom is 0.330 e. The Labute approximate surface area is 156 Å². The van der Waals surface area contributed by atoms with Gasteiger partial charge in [0.15, 0.2) is 0 Å². The molecule has 1 N–H and O–H groups in total. The van der Waals surface area contributed by atoms with E-state index in [4.69, 9.17) is 9.47 Å². The lowest BCUT2D eigenvalue weighted by Gasteiger charge is -2.53. The van der Waals surface area contributed by atoms with Gasteiger partial charge >= 0.3 is 11.9 Å². The van der Waals surface area contributed by atoms with Crippen molar-refractivity contribution in [3.8, 4) is 0 Å². The average molecular weight is 368 g/mol. The molecule has 0 aromatic carbocycles. The molecule has 7 heteroatoms. The molecule has 0 aromatic rings. The summed E-state index contributed by atoms with van der Waals surface area (Å²) < 4.78 is 9.62. The van der Waals surface area contributed by atoms with Crippen LogP contribution in [0.1, 0.15) is 53.4 Å². The molecule has 0 saturated carbocycles. The van der Waals surface area contributed by atoms with Crippen molar-refractivity contribution in [3.63, 3.8) is 0 Å². The second-order valence-electron chi connectivity index (χ2n) is 7.95. The highest BCUT2D eigenvalue weighted by Crippen LogP contribution is 2.36. The number of ether oxygens (including phenoxy) is 2. The minimum Gasteiger partial charge on any atom is -0.462 e. The first-order valence-electron chi connectivity index (χ1n) is 8.96. The molecule has 1 rings (SSSR count). The van der Waals surface area contributed by atoms with Crippen LogP contribution in [0.4, 0.5) is 0 Å². The number of carbonyl (C=O) groups is 3. The van der Waals surface area contributed by atoms with Crippen LogP contribution in [-0.2, 0) is 23.9 Å². The Morgan fingerprint density at radius 3 is 2.15 bits per heavy atom. The van der Waals surface area contributed by atoms with Crippen molar-refractivity contribution in [1.82, 2.24) is 10.2 Å². The molecular weight excluding hydrogens is 336 g/mol. The number of amides is 1. The van der Waals surface area contributed by atoms with Crippen LogP contribution < -0.4 is 5.32 Å². The average Bonchev–Trinajstić information content (AvgIpc) is 2.53. The van der Waals surface area contributed by atoms with Crippen LogP contribution in [-0.4, -0.2) is 60.1 Å². The highest BCUT2D eigenvalue weighted by molar-refractivity contribution is 5.82. The predicted molar refractivity (Wildman–Crippen MR) is 98.4 cm³/mol. The van der Waals surface area contributed by atoms with Gasteiger partial charge in [-0.25, -0.2) is 4.79 Å². The van der Waals surface area contributed by atoms with Crippen molar-refractivity contribution < 1.29 is 23.9 Å². The SMILES string of the molecule is C=CC(=O)OCCOC(=O)CCC(=O)NC1CC(C)(C)N(C)C(C)(C)C1. The van der Waals surface area contributed by atoms with E-state index in [0.29, 0.717) is 0 Å². The zero-order chi connectivity index (χ0) is 20.0. The van der Waals surface area contributed by atoms with Crippen LogP contribution in [0.3, 0.4) is 0 Å². The first-order chi connectivity index (χ1) is 12.0. The molecule has 0 unspecified atom stereocenters. The summed E-state index contributed by atoms with van der Waals surface area (Å²) in [7, 11) is 2.11. The fraction of sp³-hybridized carbons (Fsp3) is 0.737. The van der Waals surface area contributed by atoms with Crippen LogP contribution >= 0.6 is 0 Å². The molecule has 1 aliphatic rings. The Hall–Kier alpha value is -1.89. The summed E-state index contributed by atoms with van der Waals surface area (Å²) in [5.41, 5.74) is -0.0248. The van der Waals surface area contributed by atoms with Crippen molar-refractivity contribution in [2.75, 3.05) is 20.3 Å².